The lowest BCUT2D eigenvalue weighted by atomic mass is 10.1. The maximum absolute atomic E-state index is 13.0. The minimum Gasteiger partial charge on any atom is -0.457 e. The number of aliphatic hydroxyl groups is 1. The Morgan fingerprint density at radius 3 is 2.53 bits per heavy atom. The molecule has 2 nitrogen and oxygen atoms in total. The fourth-order valence-electron chi connectivity index (χ4n) is 1.76. The van der Waals surface area contributed by atoms with Gasteiger partial charge in [-0.3, -0.25) is 0 Å². The zero-order chi connectivity index (χ0) is 14.0. The van der Waals surface area contributed by atoms with Gasteiger partial charge in [0.05, 0.1) is 11.1 Å². The van der Waals surface area contributed by atoms with E-state index in [1.165, 1.54) is 12.1 Å². The van der Waals surface area contributed by atoms with Crippen LogP contribution in [0.3, 0.4) is 0 Å². The van der Waals surface area contributed by atoms with Gasteiger partial charge < -0.3 is 9.84 Å². The van der Waals surface area contributed by atoms with Crippen LogP contribution < -0.4 is 4.74 Å². The summed E-state index contributed by atoms with van der Waals surface area (Å²) < 4.78 is 18.6. The summed E-state index contributed by atoms with van der Waals surface area (Å²) in [5.41, 5.74) is 1.35. The van der Waals surface area contributed by atoms with E-state index in [0.717, 1.165) is 0 Å². The smallest absolute Gasteiger partial charge is 0.130 e. The van der Waals surface area contributed by atoms with Gasteiger partial charge in [-0.05, 0) is 55.3 Å². The Balaban J connectivity index is 2.26. The van der Waals surface area contributed by atoms with Gasteiger partial charge in [0.2, 0.25) is 0 Å². The Bertz CT molecular complexity index is 597. The van der Waals surface area contributed by atoms with Gasteiger partial charge in [-0.15, -0.1) is 0 Å². The molecule has 0 aromatic heterocycles. The van der Waals surface area contributed by atoms with Crippen LogP contribution in [0, 0.1) is 12.7 Å². The zero-order valence-electron chi connectivity index (χ0n) is 10.7. The Morgan fingerprint density at radius 2 is 1.95 bits per heavy atom. The molecule has 0 aliphatic carbocycles. The number of hydrogen-bond donors (Lipinski definition) is 1. The summed E-state index contributed by atoms with van der Waals surface area (Å²) in [6.45, 7) is 3.41. The third-order valence-corrected chi connectivity index (χ3v) is 3.11. The number of hydrogen-bond acceptors (Lipinski definition) is 2. The summed E-state index contributed by atoms with van der Waals surface area (Å²) in [6, 6.07) is 9.38. The molecule has 100 valence electrons. The van der Waals surface area contributed by atoms with Crippen molar-refractivity contribution in [2.45, 2.75) is 20.0 Å². The van der Waals surface area contributed by atoms with Crippen molar-refractivity contribution < 1.29 is 14.2 Å². The molecule has 0 spiro atoms. The van der Waals surface area contributed by atoms with Crippen molar-refractivity contribution in [2.24, 2.45) is 0 Å². The summed E-state index contributed by atoms with van der Waals surface area (Å²) in [5, 5.41) is 9.93. The van der Waals surface area contributed by atoms with Crippen molar-refractivity contribution in [1.29, 1.82) is 0 Å². The van der Waals surface area contributed by atoms with E-state index < -0.39 is 6.10 Å². The van der Waals surface area contributed by atoms with Crippen molar-refractivity contribution in [3.63, 3.8) is 0 Å². The molecule has 0 heterocycles. The number of benzene rings is 2. The fraction of sp³-hybridized carbons (Fsp3) is 0.200. The van der Waals surface area contributed by atoms with Crippen molar-refractivity contribution in [3.05, 3.63) is 58.4 Å². The predicted molar refractivity (Wildman–Crippen MR) is 73.3 cm³/mol. The quantitative estimate of drug-likeness (QED) is 0.888. The highest BCUT2D eigenvalue weighted by Gasteiger charge is 2.09. The molecule has 0 amide bonds. The average molecular weight is 281 g/mol. The van der Waals surface area contributed by atoms with Crippen LogP contribution in [0.2, 0.25) is 5.02 Å². The Hall–Kier alpha value is -1.58. The van der Waals surface area contributed by atoms with Gasteiger partial charge >= 0.3 is 0 Å². The molecule has 0 radical (unpaired) electrons. The first-order chi connectivity index (χ1) is 8.97. The largest absolute Gasteiger partial charge is 0.457 e. The SMILES string of the molecule is Cc1cc(F)ccc1Oc1ccc(C(C)O)c(Cl)c1. The van der Waals surface area contributed by atoms with Gasteiger partial charge in [0.15, 0.2) is 0 Å². The minimum absolute atomic E-state index is 0.299. The molecule has 1 atom stereocenters. The second kappa shape index (κ2) is 5.59. The topological polar surface area (TPSA) is 29.5 Å². The normalized spacial score (nSPS) is 12.3. The highest BCUT2D eigenvalue weighted by Crippen LogP contribution is 2.31. The highest BCUT2D eigenvalue weighted by molar-refractivity contribution is 6.31. The summed E-state index contributed by atoms with van der Waals surface area (Å²) in [5.74, 6) is 0.818. The van der Waals surface area contributed by atoms with Gasteiger partial charge in [-0.25, -0.2) is 4.39 Å². The van der Waals surface area contributed by atoms with Crippen LogP contribution >= 0.6 is 11.6 Å². The Morgan fingerprint density at radius 1 is 1.21 bits per heavy atom. The van der Waals surface area contributed by atoms with Gasteiger partial charge in [0, 0.05) is 0 Å². The monoisotopic (exact) mass is 280 g/mol. The number of rotatable bonds is 3. The zero-order valence-corrected chi connectivity index (χ0v) is 11.4. The molecule has 0 bridgehead atoms. The standard InChI is InChI=1S/C15H14ClFO2/c1-9-7-11(17)3-6-15(9)19-12-4-5-13(10(2)18)14(16)8-12/h3-8,10,18H,1-2H3. The summed E-state index contributed by atoms with van der Waals surface area (Å²) in [4.78, 5) is 0. The molecular weight excluding hydrogens is 267 g/mol. The number of halogens is 2. The number of aliphatic hydroxyl groups excluding tert-OH is 1. The summed E-state index contributed by atoms with van der Waals surface area (Å²) in [6.07, 6.45) is -0.630. The molecule has 2 aromatic carbocycles. The summed E-state index contributed by atoms with van der Waals surface area (Å²) >= 11 is 6.06. The second-order valence-corrected chi connectivity index (χ2v) is 4.78. The molecule has 4 heteroatoms. The van der Waals surface area contributed by atoms with Crippen molar-refractivity contribution in [1.82, 2.24) is 0 Å². The summed E-state index contributed by atoms with van der Waals surface area (Å²) in [7, 11) is 0. The third-order valence-electron chi connectivity index (χ3n) is 2.79. The van der Waals surface area contributed by atoms with E-state index in [0.29, 0.717) is 27.6 Å². The molecule has 0 aliphatic rings. The van der Waals surface area contributed by atoms with Crippen molar-refractivity contribution in [3.8, 4) is 11.5 Å². The lowest BCUT2D eigenvalue weighted by Gasteiger charge is -2.12. The van der Waals surface area contributed by atoms with E-state index in [9.17, 15) is 9.50 Å². The van der Waals surface area contributed by atoms with E-state index >= 15 is 0 Å². The number of ether oxygens (including phenoxy) is 1. The first-order valence-corrected chi connectivity index (χ1v) is 6.26. The van der Waals surface area contributed by atoms with Crippen LogP contribution in [-0.4, -0.2) is 5.11 Å². The van der Waals surface area contributed by atoms with E-state index in [4.69, 9.17) is 16.3 Å². The fourth-order valence-corrected chi connectivity index (χ4v) is 2.09. The molecule has 2 rings (SSSR count). The minimum atomic E-state index is -0.630. The van der Waals surface area contributed by atoms with Crippen LogP contribution in [0.1, 0.15) is 24.2 Å². The Kier molecular flexibility index (Phi) is 4.08. The molecular formula is C15H14ClFO2. The first kappa shape index (κ1) is 13.8. The molecule has 0 aliphatic heterocycles. The van der Waals surface area contributed by atoms with Crippen molar-refractivity contribution in [2.75, 3.05) is 0 Å². The maximum atomic E-state index is 13.0. The Labute approximate surface area is 116 Å². The molecule has 2 aromatic rings. The second-order valence-electron chi connectivity index (χ2n) is 4.37. The van der Waals surface area contributed by atoms with Crippen LogP contribution in [0.15, 0.2) is 36.4 Å². The van der Waals surface area contributed by atoms with Crippen LogP contribution in [-0.2, 0) is 0 Å². The molecule has 1 N–H and O–H groups in total. The van der Waals surface area contributed by atoms with E-state index in [2.05, 4.69) is 0 Å². The molecule has 19 heavy (non-hydrogen) atoms. The van der Waals surface area contributed by atoms with Crippen LogP contribution in [0.25, 0.3) is 0 Å². The predicted octanol–water partition coefficient (Wildman–Crippen LogP) is 4.63. The average Bonchev–Trinajstić information content (AvgIpc) is 2.32. The van der Waals surface area contributed by atoms with E-state index in [1.807, 2.05) is 0 Å². The van der Waals surface area contributed by atoms with Gasteiger partial charge in [0.25, 0.3) is 0 Å². The molecule has 1 unspecified atom stereocenters. The van der Waals surface area contributed by atoms with Crippen LogP contribution in [0.4, 0.5) is 4.39 Å². The van der Waals surface area contributed by atoms with Crippen molar-refractivity contribution >= 4 is 11.6 Å². The van der Waals surface area contributed by atoms with E-state index in [1.54, 1.807) is 38.1 Å². The van der Waals surface area contributed by atoms with Crippen LogP contribution in [0.5, 0.6) is 11.5 Å². The molecule has 0 saturated heterocycles. The highest BCUT2D eigenvalue weighted by atomic mass is 35.5. The van der Waals surface area contributed by atoms with E-state index in [-0.39, 0.29) is 5.82 Å². The molecule has 0 fully saturated rings. The van der Waals surface area contributed by atoms with Gasteiger partial charge in [0.1, 0.15) is 17.3 Å². The van der Waals surface area contributed by atoms with Gasteiger partial charge in [-0.2, -0.15) is 0 Å². The maximum Gasteiger partial charge on any atom is 0.130 e. The molecule has 0 saturated carbocycles. The van der Waals surface area contributed by atoms with Gasteiger partial charge in [-0.1, -0.05) is 17.7 Å². The first-order valence-electron chi connectivity index (χ1n) is 5.89. The third kappa shape index (κ3) is 3.25. The lowest BCUT2D eigenvalue weighted by molar-refractivity contribution is 0.199. The lowest BCUT2D eigenvalue weighted by Crippen LogP contribution is -1.94. The number of aryl methyl sites for hydroxylation is 1.